The first-order valence-corrected chi connectivity index (χ1v) is 22.9. The van der Waals surface area contributed by atoms with Crippen molar-refractivity contribution in [1.82, 2.24) is 0 Å². The minimum Gasteiger partial charge on any atom is -0.462 e. The molecule has 0 amide bonds. The van der Waals surface area contributed by atoms with E-state index in [1.165, 1.54) is 109 Å². The van der Waals surface area contributed by atoms with Gasteiger partial charge in [0.15, 0.2) is 6.10 Å². The summed E-state index contributed by atoms with van der Waals surface area (Å²) in [6, 6.07) is 0. The molecule has 0 spiro atoms. The fourth-order valence-corrected chi connectivity index (χ4v) is 6.63. The van der Waals surface area contributed by atoms with Crippen molar-refractivity contribution in [2.24, 2.45) is 0 Å². The number of carbonyl (C=O) groups is 2. The van der Waals surface area contributed by atoms with Crippen molar-refractivity contribution in [2.75, 3.05) is 47.5 Å². The molecule has 0 aliphatic carbocycles. The molecule has 0 heterocycles. The summed E-state index contributed by atoms with van der Waals surface area (Å²) in [6.45, 7) is 4.42. The second-order valence-corrected chi connectivity index (χ2v) is 17.2. The van der Waals surface area contributed by atoms with E-state index in [1.54, 1.807) is 0 Å². The van der Waals surface area contributed by atoms with E-state index in [-0.39, 0.29) is 25.6 Å². The van der Waals surface area contributed by atoms with Crippen molar-refractivity contribution in [3.63, 3.8) is 0 Å². The Morgan fingerprint density at radius 2 is 0.981 bits per heavy atom. The number of ether oxygens (including phenoxy) is 2. The molecule has 308 valence electrons. The topological polar surface area (TPSA) is 108 Å². The molecule has 0 aliphatic rings. The Morgan fingerprint density at radius 3 is 1.42 bits per heavy atom. The van der Waals surface area contributed by atoms with Crippen LogP contribution in [0.1, 0.15) is 194 Å². The van der Waals surface area contributed by atoms with Gasteiger partial charge in [0.25, 0.3) is 0 Å². The zero-order valence-corrected chi connectivity index (χ0v) is 35.5. The lowest BCUT2D eigenvalue weighted by Crippen LogP contribution is -2.37. The molecule has 52 heavy (non-hydrogen) atoms. The number of likely N-dealkylation sites (N-methyl/N-ethyl adjacent to an activating group) is 1. The smallest absolute Gasteiger partial charge is 0.462 e. The predicted molar refractivity (Wildman–Crippen MR) is 215 cm³/mol. The van der Waals surface area contributed by atoms with Crippen LogP contribution >= 0.6 is 7.82 Å². The number of nitrogens with zero attached hydrogens (tertiary/aromatic N) is 1. The molecular formula is C42H83NO8P+. The van der Waals surface area contributed by atoms with Crippen LogP contribution in [-0.4, -0.2) is 74.9 Å². The number of esters is 2. The van der Waals surface area contributed by atoms with Gasteiger partial charge in [-0.25, -0.2) is 4.57 Å². The highest BCUT2D eigenvalue weighted by atomic mass is 31.2. The number of phosphoric acid groups is 1. The Kier molecular flexibility index (Phi) is 34.6. The van der Waals surface area contributed by atoms with Crippen LogP contribution in [0.4, 0.5) is 0 Å². The SMILES string of the molecule is CCCCCCCC/C=C\CCCCCCCC(=O)O[C@@H](COC(=O)CCCCCCCCCCCCCCC)COP(=O)(O)OCC[N+](C)(C)C. The van der Waals surface area contributed by atoms with Gasteiger partial charge >= 0.3 is 19.8 Å². The van der Waals surface area contributed by atoms with Crippen molar-refractivity contribution in [3.05, 3.63) is 12.2 Å². The second-order valence-electron chi connectivity index (χ2n) is 15.7. The standard InChI is InChI=1S/C42H82NO8P/c1-6-8-10-12-14-16-18-20-21-23-25-27-29-31-33-35-42(45)51-40(39-50-52(46,47)49-37-36-43(3,4)5)38-48-41(44)34-32-30-28-26-24-22-19-17-15-13-11-9-7-2/h20-21,40H,6-19,22-39H2,1-5H3/p+1/b21-20-/t40-/m0/s1. The summed E-state index contributed by atoms with van der Waals surface area (Å²) in [5, 5.41) is 0. The lowest BCUT2D eigenvalue weighted by Gasteiger charge is -2.24. The maximum atomic E-state index is 12.7. The fraction of sp³-hybridized carbons (Fsp3) is 0.905. The van der Waals surface area contributed by atoms with Gasteiger partial charge in [-0.1, -0.05) is 154 Å². The summed E-state index contributed by atoms with van der Waals surface area (Å²) >= 11 is 0. The summed E-state index contributed by atoms with van der Waals surface area (Å²) in [6.07, 6.45) is 35.3. The summed E-state index contributed by atoms with van der Waals surface area (Å²) in [4.78, 5) is 35.3. The lowest BCUT2D eigenvalue weighted by atomic mass is 10.0. The van der Waals surface area contributed by atoms with E-state index in [4.69, 9.17) is 18.5 Å². The Balaban J connectivity index is 4.37. The van der Waals surface area contributed by atoms with E-state index >= 15 is 0 Å². The first-order chi connectivity index (χ1) is 25.0. The molecule has 0 bridgehead atoms. The Bertz CT molecular complexity index is 907. The van der Waals surface area contributed by atoms with E-state index < -0.39 is 26.5 Å². The predicted octanol–water partition coefficient (Wildman–Crippen LogP) is 11.8. The number of phosphoric ester groups is 1. The maximum absolute atomic E-state index is 12.7. The maximum Gasteiger partial charge on any atom is 0.472 e. The second kappa shape index (κ2) is 35.5. The number of unbranched alkanes of at least 4 members (excludes halogenated alkanes) is 23. The van der Waals surface area contributed by atoms with Gasteiger partial charge in [0.2, 0.25) is 0 Å². The molecular weight excluding hydrogens is 677 g/mol. The van der Waals surface area contributed by atoms with Gasteiger partial charge in [-0.15, -0.1) is 0 Å². The van der Waals surface area contributed by atoms with Crippen LogP contribution in [-0.2, 0) is 32.7 Å². The third kappa shape index (κ3) is 38.5. The Hall–Kier alpha value is -1.25. The van der Waals surface area contributed by atoms with Crippen molar-refractivity contribution in [1.29, 1.82) is 0 Å². The minimum atomic E-state index is -4.37. The zero-order chi connectivity index (χ0) is 38.6. The highest BCUT2D eigenvalue weighted by molar-refractivity contribution is 7.47. The number of rotatable bonds is 39. The molecule has 0 saturated heterocycles. The monoisotopic (exact) mass is 761 g/mol. The third-order valence-corrected chi connectivity index (χ3v) is 10.3. The van der Waals surface area contributed by atoms with Crippen molar-refractivity contribution < 1.29 is 42.1 Å². The highest BCUT2D eigenvalue weighted by Gasteiger charge is 2.27. The van der Waals surface area contributed by atoms with Gasteiger partial charge in [-0.3, -0.25) is 18.6 Å². The molecule has 0 radical (unpaired) electrons. The van der Waals surface area contributed by atoms with Crippen molar-refractivity contribution >= 4 is 19.8 Å². The van der Waals surface area contributed by atoms with Crippen LogP contribution in [0.2, 0.25) is 0 Å². The molecule has 1 unspecified atom stereocenters. The van der Waals surface area contributed by atoms with E-state index in [9.17, 15) is 19.0 Å². The van der Waals surface area contributed by atoms with E-state index in [0.29, 0.717) is 23.9 Å². The first-order valence-electron chi connectivity index (χ1n) is 21.4. The van der Waals surface area contributed by atoms with Crippen LogP contribution in [0.25, 0.3) is 0 Å². The van der Waals surface area contributed by atoms with Gasteiger partial charge < -0.3 is 18.9 Å². The Labute approximate surface area is 320 Å². The molecule has 2 atom stereocenters. The van der Waals surface area contributed by atoms with Gasteiger partial charge in [0.1, 0.15) is 19.8 Å². The van der Waals surface area contributed by atoms with E-state index in [2.05, 4.69) is 26.0 Å². The molecule has 0 rings (SSSR count). The summed E-state index contributed by atoms with van der Waals surface area (Å²) in [7, 11) is 1.48. The van der Waals surface area contributed by atoms with Crippen molar-refractivity contribution in [3.8, 4) is 0 Å². The average molecular weight is 761 g/mol. The van der Waals surface area contributed by atoms with Crippen LogP contribution < -0.4 is 0 Å². The van der Waals surface area contributed by atoms with Gasteiger partial charge in [0.05, 0.1) is 27.7 Å². The van der Waals surface area contributed by atoms with E-state index in [1.807, 2.05) is 21.1 Å². The molecule has 10 heteroatoms. The fourth-order valence-electron chi connectivity index (χ4n) is 5.89. The zero-order valence-electron chi connectivity index (χ0n) is 34.6. The number of hydrogen-bond donors (Lipinski definition) is 1. The van der Waals surface area contributed by atoms with Crippen LogP contribution in [0.5, 0.6) is 0 Å². The highest BCUT2D eigenvalue weighted by Crippen LogP contribution is 2.43. The molecule has 9 nitrogen and oxygen atoms in total. The number of carbonyl (C=O) groups excluding carboxylic acids is 2. The van der Waals surface area contributed by atoms with Crippen LogP contribution in [0.3, 0.4) is 0 Å². The summed E-state index contributed by atoms with van der Waals surface area (Å²) in [5.41, 5.74) is 0. The molecule has 1 N–H and O–H groups in total. The van der Waals surface area contributed by atoms with E-state index in [0.717, 1.165) is 51.4 Å². The Morgan fingerprint density at radius 1 is 0.577 bits per heavy atom. The molecule has 0 aromatic rings. The summed E-state index contributed by atoms with van der Waals surface area (Å²) in [5.74, 6) is -0.801. The third-order valence-electron chi connectivity index (χ3n) is 9.30. The van der Waals surface area contributed by atoms with Crippen molar-refractivity contribution in [2.45, 2.75) is 200 Å². The van der Waals surface area contributed by atoms with Gasteiger partial charge in [-0.05, 0) is 38.5 Å². The minimum absolute atomic E-state index is 0.0331. The van der Waals surface area contributed by atoms with Crippen LogP contribution in [0.15, 0.2) is 12.2 Å². The molecule has 0 aromatic heterocycles. The van der Waals surface area contributed by atoms with Gasteiger partial charge in [-0.2, -0.15) is 0 Å². The first kappa shape index (κ1) is 50.8. The number of quaternary nitrogens is 1. The lowest BCUT2D eigenvalue weighted by molar-refractivity contribution is -0.870. The quantitative estimate of drug-likeness (QED) is 0.0217. The largest absolute Gasteiger partial charge is 0.472 e. The number of allylic oxidation sites excluding steroid dienone is 2. The molecule has 0 aliphatic heterocycles. The molecule has 0 saturated carbocycles. The normalized spacial score (nSPS) is 13.7. The molecule has 0 fully saturated rings. The van der Waals surface area contributed by atoms with Crippen LogP contribution in [0, 0.1) is 0 Å². The summed E-state index contributed by atoms with van der Waals surface area (Å²) < 4.78 is 34.3. The van der Waals surface area contributed by atoms with Gasteiger partial charge in [0, 0.05) is 12.8 Å². The average Bonchev–Trinajstić information content (AvgIpc) is 3.09. The molecule has 0 aromatic carbocycles. The number of hydrogen-bond acceptors (Lipinski definition) is 7.